The van der Waals surface area contributed by atoms with Crippen molar-refractivity contribution < 1.29 is 23.8 Å². The van der Waals surface area contributed by atoms with Crippen LogP contribution in [0.25, 0.3) is 0 Å². The van der Waals surface area contributed by atoms with E-state index in [2.05, 4.69) is 27.7 Å². The smallest absolute Gasteiger partial charge is 0.290 e. The topological polar surface area (TPSA) is 66.8 Å². The van der Waals surface area contributed by atoms with Gasteiger partial charge in [-0.05, 0) is 68.4 Å². The molecule has 1 saturated carbocycles. The highest BCUT2D eigenvalue weighted by Gasteiger charge is 2.36. The van der Waals surface area contributed by atoms with Crippen LogP contribution in [0.1, 0.15) is 114 Å². The maximum absolute atomic E-state index is 15.1. The van der Waals surface area contributed by atoms with E-state index in [9.17, 15) is 4.79 Å². The van der Waals surface area contributed by atoms with E-state index >= 15 is 4.39 Å². The highest BCUT2D eigenvalue weighted by Crippen LogP contribution is 2.45. The molecule has 5 nitrogen and oxygen atoms in total. The summed E-state index contributed by atoms with van der Waals surface area (Å²) in [5.41, 5.74) is 1.26. The molecule has 1 heterocycles. The van der Waals surface area contributed by atoms with Gasteiger partial charge in [-0.1, -0.05) is 52.9 Å². The zero-order valence-corrected chi connectivity index (χ0v) is 21.5. The monoisotopic (exact) mass is 477 g/mol. The van der Waals surface area contributed by atoms with E-state index in [1.807, 2.05) is 11.0 Å². The average Bonchev–Trinajstić information content (AvgIpc) is 3.59. The van der Waals surface area contributed by atoms with Crippen LogP contribution in [0.3, 0.4) is 0 Å². The molecule has 6 heteroatoms. The molecule has 0 radical (unpaired) electrons. The molecule has 2 fully saturated rings. The predicted molar refractivity (Wildman–Crippen MR) is 134 cm³/mol. The van der Waals surface area contributed by atoms with Gasteiger partial charge in [0.1, 0.15) is 11.6 Å². The Bertz CT molecular complexity index is 780. The largest absolute Gasteiger partial charge is 0.493 e. The standard InChI is InChI=1S/C27H42FNO2.CH2O2/c1-5-8-9-11-20(10-6-2)18-31-26-17-25(28)24(16-23(26)22-12-13-22)27(30)29-15-14-21(7-3)19(29)4;2-1-3/h16-17,19-22H,5-15,18H2,1-4H3;1H,(H,2,3)/t19?,20?,21-;/m0./s1. The van der Waals surface area contributed by atoms with Gasteiger partial charge in [-0.25, -0.2) is 4.39 Å². The van der Waals surface area contributed by atoms with E-state index in [1.54, 1.807) is 0 Å². The van der Waals surface area contributed by atoms with E-state index in [0.29, 0.717) is 30.1 Å². The first-order chi connectivity index (χ1) is 16.4. The van der Waals surface area contributed by atoms with Crippen molar-refractivity contribution in [1.82, 2.24) is 4.90 Å². The summed E-state index contributed by atoms with van der Waals surface area (Å²) in [6.45, 7) is 9.83. The first kappa shape index (κ1) is 28.1. The number of unbranched alkanes of at least 4 members (excludes halogenated alkanes) is 2. The summed E-state index contributed by atoms with van der Waals surface area (Å²) in [6, 6.07) is 3.48. The quantitative estimate of drug-likeness (QED) is 0.259. The number of carbonyl (C=O) groups is 2. The van der Waals surface area contributed by atoms with Crippen molar-refractivity contribution in [3.63, 3.8) is 0 Å². The minimum absolute atomic E-state index is 0.155. The molecule has 3 rings (SSSR count). The van der Waals surface area contributed by atoms with Crippen LogP contribution in [-0.2, 0) is 4.79 Å². The van der Waals surface area contributed by atoms with Crippen LogP contribution in [0.4, 0.5) is 4.39 Å². The first-order valence-corrected chi connectivity index (χ1v) is 13.3. The Hall–Kier alpha value is -2.11. The van der Waals surface area contributed by atoms with Crippen molar-refractivity contribution in [3.05, 3.63) is 29.1 Å². The second-order valence-corrected chi connectivity index (χ2v) is 9.91. The molecule has 1 N–H and O–H groups in total. The SMILES string of the molecule is CCCCCC(CCC)COc1cc(F)c(C(=O)N2CC[C@H](CC)C2C)cc1C1CC1.O=CO. The third-order valence-electron chi connectivity index (χ3n) is 7.43. The number of rotatable bonds is 12. The van der Waals surface area contributed by atoms with E-state index in [4.69, 9.17) is 14.6 Å². The molecule has 192 valence electrons. The Morgan fingerprint density at radius 3 is 2.44 bits per heavy atom. The molecule has 1 saturated heterocycles. The van der Waals surface area contributed by atoms with Crippen molar-refractivity contribution in [2.24, 2.45) is 11.8 Å². The number of benzene rings is 1. The highest BCUT2D eigenvalue weighted by molar-refractivity contribution is 5.95. The zero-order valence-electron chi connectivity index (χ0n) is 21.5. The van der Waals surface area contributed by atoms with Crippen molar-refractivity contribution in [1.29, 1.82) is 0 Å². The minimum atomic E-state index is -0.436. The first-order valence-electron chi connectivity index (χ1n) is 13.3. The van der Waals surface area contributed by atoms with E-state index in [0.717, 1.165) is 50.6 Å². The van der Waals surface area contributed by atoms with Crippen LogP contribution in [0.2, 0.25) is 0 Å². The van der Waals surface area contributed by atoms with Gasteiger partial charge in [0.15, 0.2) is 0 Å². The lowest BCUT2D eigenvalue weighted by molar-refractivity contribution is -0.122. The second-order valence-electron chi connectivity index (χ2n) is 9.91. The Morgan fingerprint density at radius 1 is 1.18 bits per heavy atom. The Balaban J connectivity index is 0.00000129. The molecular weight excluding hydrogens is 433 g/mol. The van der Waals surface area contributed by atoms with Crippen molar-refractivity contribution in [2.45, 2.75) is 104 Å². The maximum Gasteiger partial charge on any atom is 0.290 e. The summed E-state index contributed by atoms with van der Waals surface area (Å²) in [4.78, 5) is 23.4. The molecule has 2 unspecified atom stereocenters. The van der Waals surface area contributed by atoms with Crippen LogP contribution in [0.15, 0.2) is 12.1 Å². The third-order valence-corrected chi connectivity index (χ3v) is 7.43. The number of ether oxygens (including phenoxy) is 1. The van der Waals surface area contributed by atoms with Crippen LogP contribution in [0.5, 0.6) is 5.75 Å². The van der Waals surface area contributed by atoms with Gasteiger partial charge in [-0.3, -0.25) is 9.59 Å². The van der Waals surface area contributed by atoms with Crippen molar-refractivity contribution >= 4 is 12.4 Å². The molecule has 0 spiro atoms. The van der Waals surface area contributed by atoms with Gasteiger partial charge in [0.2, 0.25) is 0 Å². The van der Waals surface area contributed by atoms with E-state index < -0.39 is 5.82 Å². The number of carbonyl (C=O) groups excluding carboxylic acids is 1. The van der Waals surface area contributed by atoms with Gasteiger partial charge in [0.25, 0.3) is 12.4 Å². The Kier molecular flexibility index (Phi) is 11.9. The van der Waals surface area contributed by atoms with Crippen molar-refractivity contribution in [3.8, 4) is 5.75 Å². The molecule has 34 heavy (non-hydrogen) atoms. The number of halogens is 1. The summed E-state index contributed by atoms with van der Waals surface area (Å²) in [7, 11) is 0. The fourth-order valence-corrected chi connectivity index (χ4v) is 5.17. The molecule has 2 aliphatic rings. The van der Waals surface area contributed by atoms with Gasteiger partial charge in [-0.15, -0.1) is 0 Å². The van der Waals surface area contributed by atoms with Gasteiger partial charge in [0.05, 0.1) is 12.2 Å². The fourth-order valence-electron chi connectivity index (χ4n) is 5.17. The third kappa shape index (κ3) is 7.71. The molecule has 1 aromatic carbocycles. The summed E-state index contributed by atoms with van der Waals surface area (Å²) >= 11 is 0. The van der Waals surface area contributed by atoms with Crippen LogP contribution < -0.4 is 4.74 Å². The summed E-state index contributed by atoms with van der Waals surface area (Å²) in [5, 5.41) is 6.89. The summed E-state index contributed by atoms with van der Waals surface area (Å²) < 4.78 is 21.3. The number of hydrogen-bond donors (Lipinski definition) is 1. The van der Waals surface area contributed by atoms with Gasteiger partial charge < -0.3 is 14.7 Å². The molecule has 0 aromatic heterocycles. The van der Waals surface area contributed by atoms with Gasteiger partial charge >= 0.3 is 0 Å². The fraction of sp³-hybridized carbons (Fsp3) is 0.714. The molecular formula is C28H44FNO4. The molecule has 1 aliphatic carbocycles. The highest BCUT2D eigenvalue weighted by atomic mass is 19.1. The minimum Gasteiger partial charge on any atom is -0.493 e. The molecule has 3 atom stereocenters. The average molecular weight is 478 g/mol. The molecule has 1 amide bonds. The maximum atomic E-state index is 15.1. The Labute approximate surface area is 205 Å². The molecule has 0 bridgehead atoms. The molecule has 1 aliphatic heterocycles. The number of nitrogens with zero attached hydrogens (tertiary/aromatic N) is 1. The number of amides is 1. The second kappa shape index (κ2) is 14.3. The number of hydrogen-bond acceptors (Lipinski definition) is 3. The van der Waals surface area contributed by atoms with E-state index in [-0.39, 0.29) is 24.0 Å². The molecule has 1 aromatic rings. The summed E-state index contributed by atoms with van der Waals surface area (Å²) in [6.07, 6.45) is 11.4. The van der Waals surface area contributed by atoms with Gasteiger partial charge in [0, 0.05) is 18.7 Å². The van der Waals surface area contributed by atoms with Gasteiger partial charge in [-0.2, -0.15) is 0 Å². The summed E-state index contributed by atoms with van der Waals surface area (Å²) in [5.74, 6) is 1.51. The number of likely N-dealkylation sites (tertiary alicyclic amines) is 1. The lowest BCUT2D eigenvalue weighted by Gasteiger charge is -2.25. The lowest BCUT2D eigenvalue weighted by atomic mass is 9.97. The van der Waals surface area contributed by atoms with Crippen LogP contribution in [0, 0.1) is 17.7 Å². The predicted octanol–water partition coefficient (Wildman–Crippen LogP) is 7.04. The van der Waals surface area contributed by atoms with E-state index in [1.165, 1.54) is 31.7 Å². The number of carboxylic acid groups (broad SMARTS) is 1. The van der Waals surface area contributed by atoms with Crippen LogP contribution in [-0.4, -0.2) is 41.6 Å². The Morgan fingerprint density at radius 2 is 1.88 bits per heavy atom. The lowest BCUT2D eigenvalue weighted by Crippen LogP contribution is -2.36. The van der Waals surface area contributed by atoms with Crippen LogP contribution >= 0.6 is 0 Å². The normalized spacial score (nSPS) is 20.4. The van der Waals surface area contributed by atoms with Crippen molar-refractivity contribution in [2.75, 3.05) is 13.2 Å². The zero-order chi connectivity index (χ0) is 25.1.